The number of rotatable bonds is 2. The third kappa shape index (κ3) is 2.18. The third-order valence-electron chi connectivity index (χ3n) is 2.28. The summed E-state index contributed by atoms with van der Waals surface area (Å²) in [5, 5.41) is 0. The number of allylic oxidation sites excluding steroid dienone is 2. The minimum atomic E-state index is 0.520. The van der Waals surface area contributed by atoms with Crippen LogP contribution in [0.5, 0.6) is 0 Å². The van der Waals surface area contributed by atoms with Crippen LogP contribution in [0.2, 0.25) is 0 Å². The van der Waals surface area contributed by atoms with Gasteiger partial charge < -0.3 is 0 Å². The molecule has 0 saturated carbocycles. The fourth-order valence-electron chi connectivity index (χ4n) is 1.39. The van der Waals surface area contributed by atoms with Crippen molar-refractivity contribution in [2.45, 2.75) is 33.7 Å². The standard InChI is InChI=1S/C12H18N/c1-5-11(4)12-8-6-7-9-13(12)10(2)3/h5-10H,1-4H3/q+1. The molecule has 70 valence electrons. The highest BCUT2D eigenvalue weighted by molar-refractivity contribution is 5.57. The first-order chi connectivity index (χ1) is 6.16. The van der Waals surface area contributed by atoms with Crippen molar-refractivity contribution in [1.29, 1.82) is 0 Å². The molecule has 0 aliphatic carbocycles. The van der Waals surface area contributed by atoms with Crippen LogP contribution in [-0.4, -0.2) is 0 Å². The molecule has 0 aliphatic rings. The zero-order chi connectivity index (χ0) is 9.84. The average molecular weight is 176 g/mol. The number of hydrogen-bond donors (Lipinski definition) is 0. The molecular weight excluding hydrogens is 158 g/mol. The molecular formula is C12H18N+. The summed E-state index contributed by atoms with van der Waals surface area (Å²) in [6.07, 6.45) is 4.28. The van der Waals surface area contributed by atoms with Crippen LogP contribution in [0.25, 0.3) is 5.57 Å². The van der Waals surface area contributed by atoms with Gasteiger partial charge in [-0.2, -0.15) is 4.57 Å². The first-order valence-electron chi connectivity index (χ1n) is 4.80. The van der Waals surface area contributed by atoms with Crippen LogP contribution < -0.4 is 4.57 Å². The lowest BCUT2D eigenvalue weighted by molar-refractivity contribution is -0.718. The predicted molar refractivity (Wildman–Crippen MR) is 56.3 cm³/mol. The average Bonchev–Trinajstić information content (AvgIpc) is 2.16. The molecule has 0 radical (unpaired) electrons. The molecule has 0 saturated heterocycles. The Bertz CT molecular complexity index is 311. The van der Waals surface area contributed by atoms with Crippen molar-refractivity contribution in [1.82, 2.24) is 0 Å². The Hall–Kier alpha value is -1.11. The van der Waals surface area contributed by atoms with Crippen LogP contribution in [0, 0.1) is 0 Å². The lowest BCUT2D eigenvalue weighted by Gasteiger charge is -2.06. The Morgan fingerprint density at radius 3 is 2.62 bits per heavy atom. The maximum Gasteiger partial charge on any atom is 0.207 e. The second-order valence-electron chi connectivity index (χ2n) is 3.56. The zero-order valence-corrected chi connectivity index (χ0v) is 8.91. The molecule has 13 heavy (non-hydrogen) atoms. The monoisotopic (exact) mass is 176 g/mol. The largest absolute Gasteiger partial charge is 0.207 e. The first kappa shape index (κ1) is 9.97. The normalized spacial score (nSPS) is 12.2. The number of aromatic nitrogens is 1. The molecule has 0 spiro atoms. The maximum absolute atomic E-state index is 2.29. The van der Waals surface area contributed by atoms with E-state index in [9.17, 15) is 0 Å². The summed E-state index contributed by atoms with van der Waals surface area (Å²) in [4.78, 5) is 0. The van der Waals surface area contributed by atoms with Gasteiger partial charge in [0.2, 0.25) is 5.69 Å². The fraction of sp³-hybridized carbons (Fsp3) is 0.417. The summed E-state index contributed by atoms with van der Waals surface area (Å²) >= 11 is 0. The van der Waals surface area contributed by atoms with Crippen LogP contribution >= 0.6 is 0 Å². The van der Waals surface area contributed by atoms with Crippen molar-refractivity contribution < 1.29 is 4.57 Å². The fourth-order valence-corrected chi connectivity index (χ4v) is 1.39. The second-order valence-corrected chi connectivity index (χ2v) is 3.56. The van der Waals surface area contributed by atoms with E-state index in [1.807, 2.05) is 0 Å². The predicted octanol–water partition coefficient (Wildman–Crippen LogP) is 2.98. The van der Waals surface area contributed by atoms with Gasteiger partial charge in [0.25, 0.3) is 0 Å². The van der Waals surface area contributed by atoms with Gasteiger partial charge in [0.1, 0.15) is 0 Å². The Morgan fingerprint density at radius 2 is 2.08 bits per heavy atom. The molecule has 1 aromatic rings. The lowest BCUT2D eigenvalue weighted by Crippen LogP contribution is -2.39. The molecule has 0 fully saturated rings. The van der Waals surface area contributed by atoms with E-state index >= 15 is 0 Å². The van der Waals surface area contributed by atoms with E-state index in [0.717, 1.165) is 0 Å². The van der Waals surface area contributed by atoms with E-state index in [0.29, 0.717) is 6.04 Å². The highest BCUT2D eigenvalue weighted by atomic mass is 15.0. The van der Waals surface area contributed by atoms with Crippen molar-refractivity contribution in [3.05, 3.63) is 36.2 Å². The maximum atomic E-state index is 2.29. The highest BCUT2D eigenvalue weighted by Crippen LogP contribution is 2.09. The molecule has 0 aromatic carbocycles. The van der Waals surface area contributed by atoms with Crippen molar-refractivity contribution in [3.8, 4) is 0 Å². The quantitative estimate of drug-likeness (QED) is 0.610. The minimum Gasteiger partial charge on any atom is -0.197 e. The Balaban J connectivity index is 3.20. The summed E-state index contributed by atoms with van der Waals surface area (Å²) in [6.45, 7) is 8.63. The molecule has 0 unspecified atom stereocenters. The molecule has 1 heteroatoms. The summed E-state index contributed by atoms with van der Waals surface area (Å²) in [7, 11) is 0. The van der Waals surface area contributed by atoms with Gasteiger partial charge in [-0.15, -0.1) is 0 Å². The molecule has 1 aromatic heterocycles. The van der Waals surface area contributed by atoms with Crippen LogP contribution in [-0.2, 0) is 0 Å². The topological polar surface area (TPSA) is 3.88 Å². The van der Waals surface area contributed by atoms with Crippen molar-refractivity contribution in [2.24, 2.45) is 0 Å². The third-order valence-corrected chi connectivity index (χ3v) is 2.28. The molecule has 1 nitrogen and oxygen atoms in total. The zero-order valence-electron chi connectivity index (χ0n) is 8.91. The van der Waals surface area contributed by atoms with Crippen LogP contribution in [0.4, 0.5) is 0 Å². The van der Waals surface area contributed by atoms with Crippen LogP contribution in [0.3, 0.4) is 0 Å². The second kappa shape index (κ2) is 4.22. The molecule has 0 amide bonds. The molecule has 0 atom stereocenters. The van der Waals surface area contributed by atoms with Gasteiger partial charge in [-0.25, -0.2) is 0 Å². The molecule has 1 rings (SSSR count). The first-order valence-corrected chi connectivity index (χ1v) is 4.80. The Kier molecular flexibility index (Phi) is 3.24. The van der Waals surface area contributed by atoms with Gasteiger partial charge in [0.05, 0.1) is 0 Å². The lowest BCUT2D eigenvalue weighted by atomic mass is 10.1. The highest BCUT2D eigenvalue weighted by Gasteiger charge is 2.13. The van der Waals surface area contributed by atoms with E-state index in [4.69, 9.17) is 0 Å². The van der Waals surface area contributed by atoms with Crippen LogP contribution in [0.1, 0.15) is 39.4 Å². The van der Waals surface area contributed by atoms with Gasteiger partial charge in [-0.3, -0.25) is 0 Å². The van der Waals surface area contributed by atoms with Gasteiger partial charge in [0, 0.05) is 17.7 Å². The van der Waals surface area contributed by atoms with Crippen molar-refractivity contribution in [2.75, 3.05) is 0 Å². The van der Waals surface area contributed by atoms with Gasteiger partial charge in [-0.05, 0) is 33.8 Å². The van der Waals surface area contributed by atoms with E-state index in [-0.39, 0.29) is 0 Å². The molecule has 0 N–H and O–H groups in total. The number of hydrogen-bond acceptors (Lipinski definition) is 0. The van der Waals surface area contributed by atoms with Crippen molar-refractivity contribution in [3.63, 3.8) is 0 Å². The summed E-state index contributed by atoms with van der Waals surface area (Å²) < 4.78 is 2.29. The SMILES string of the molecule is CC=C(C)c1cccc[n+]1C(C)C. The summed E-state index contributed by atoms with van der Waals surface area (Å²) in [5.41, 5.74) is 2.63. The van der Waals surface area contributed by atoms with E-state index in [1.54, 1.807) is 0 Å². The van der Waals surface area contributed by atoms with Gasteiger partial charge in [-0.1, -0.05) is 6.08 Å². The van der Waals surface area contributed by atoms with Crippen molar-refractivity contribution >= 4 is 5.57 Å². The summed E-state index contributed by atoms with van der Waals surface area (Å²) in [6, 6.07) is 6.84. The minimum absolute atomic E-state index is 0.520. The van der Waals surface area contributed by atoms with Gasteiger partial charge >= 0.3 is 0 Å². The summed E-state index contributed by atoms with van der Waals surface area (Å²) in [5.74, 6) is 0. The Labute approximate surface area is 80.7 Å². The smallest absolute Gasteiger partial charge is 0.197 e. The van der Waals surface area contributed by atoms with Crippen LogP contribution in [0.15, 0.2) is 30.5 Å². The van der Waals surface area contributed by atoms with E-state index in [1.165, 1.54) is 11.3 Å². The molecule has 0 aliphatic heterocycles. The van der Waals surface area contributed by atoms with E-state index < -0.39 is 0 Å². The molecule has 0 bridgehead atoms. The van der Waals surface area contributed by atoms with Gasteiger partial charge in [0.15, 0.2) is 12.2 Å². The molecule has 1 heterocycles. The number of nitrogens with zero attached hydrogens (tertiary/aromatic N) is 1. The number of pyridine rings is 1. The Morgan fingerprint density at radius 1 is 1.38 bits per heavy atom. The van der Waals surface area contributed by atoms with E-state index in [2.05, 4.69) is 62.7 Å².